The molecule has 2 atom stereocenters. The molecule has 5 rings (SSSR count). The number of aromatic amines is 1. The van der Waals surface area contributed by atoms with E-state index in [2.05, 4.69) is 16.8 Å². The molecule has 47 heavy (non-hydrogen) atoms. The van der Waals surface area contributed by atoms with E-state index >= 15 is 0 Å². The minimum absolute atomic E-state index is 0.0731. The highest BCUT2D eigenvalue weighted by Crippen LogP contribution is 2.42. The van der Waals surface area contributed by atoms with E-state index in [0.717, 1.165) is 28.2 Å². The number of hydrogen-bond acceptors (Lipinski definition) is 7. The highest BCUT2D eigenvalue weighted by atomic mass is 16.6. The fourth-order valence-corrected chi connectivity index (χ4v) is 5.74. The normalized spacial score (nSPS) is 15.9. The smallest absolute Gasteiger partial charge is 0.330 e. The van der Waals surface area contributed by atoms with Gasteiger partial charge in [0.1, 0.15) is 28.9 Å². The summed E-state index contributed by atoms with van der Waals surface area (Å²) in [4.78, 5) is 38.3. The maximum absolute atomic E-state index is 12.8. The molecule has 1 fully saturated rings. The number of aromatic nitrogens is 2. The second-order valence-electron chi connectivity index (χ2n) is 11.2. The molecule has 2 N–H and O–H groups in total. The van der Waals surface area contributed by atoms with Crippen LogP contribution in [-0.4, -0.2) is 47.6 Å². The lowest BCUT2D eigenvalue weighted by molar-refractivity contribution is -0.137. The van der Waals surface area contributed by atoms with Crippen LogP contribution in [0.3, 0.4) is 0 Å². The number of nitrogens with zero attached hydrogens (tertiary/aromatic N) is 1. The molecule has 3 aromatic carbocycles. The van der Waals surface area contributed by atoms with Crippen LogP contribution in [0.25, 0.3) is 0 Å². The number of rotatable bonds is 13. The molecule has 10 nitrogen and oxygen atoms in total. The van der Waals surface area contributed by atoms with E-state index in [4.69, 9.17) is 24.1 Å². The maximum Gasteiger partial charge on any atom is 0.330 e. The Morgan fingerprint density at radius 2 is 1.53 bits per heavy atom. The van der Waals surface area contributed by atoms with E-state index in [-0.39, 0.29) is 24.7 Å². The number of carboxylic acid groups (broad SMARTS) is 1. The van der Waals surface area contributed by atoms with E-state index in [1.165, 1.54) is 10.8 Å². The van der Waals surface area contributed by atoms with E-state index in [9.17, 15) is 14.4 Å². The molecular formula is C37H38N2O8. The Balaban J connectivity index is 1.40. The summed E-state index contributed by atoms with van der Waals surface area (Å²) in [5, 5.41) is 8.79. The molecule has 2 unspecified atom stereocenters. The van der Waals surface area contributed by atoms with Gasteiger partial charge in [0.05, 0.1) is 26.9 Å². The summed E-state index contributed by atoms with van der Waals surface area (Å²) in [6, 6.07) is 25.5. The molecular weight excluding hydrogens is 600 g/mol. The zero-order chi connectivity index (χ0) is 33.2. The first-order chi connectivity index (χ1) is 22.8. The van der Waals surface area contributed by atoms with Crippen LogP contribution in [-0.2, 0) is 19.9 Å². The molecule has 1 aliphatic heterocycles. The van der Waals surface area contributed by atoms with Gasteiger partial charge in [0.15, 0.2) is 0 Å². The van der Waals surface area contributed by atoms with Gasteiger partial charge in [0.2, 0.25) is 0 Å². The fraction of sp³-hybridized carbons (Fsp3) is 0.324. The topological polar surface area (TPSA) is 129 Å². The molecule has 2 heterocycles. The lowest BCUT2D eigenvalue weighted by Gasteiger charge is -2.37. The highest BCUT2D eigenvalue weighted by Gasteiger charge is 2.40. The third kappa shape index (κ3) is 7.83. The molecule has 4 aromatic rings. The number of ether oxygens (including phenoxy) is 4. The van der Waals surface area contributed by atoms with Gasteiger partial charge in [-0.05, 0) is 66.6 Å². The summed E-state index contributed by atoms with van der Waals surface area (Å²) in [5.74, 6) is 6.32. The second kappa shape index (κ2) is 15.5. The van der Waals surface area contributed by atoms with Crippen LogP contribution in [0.4, 0.5) is 0 Å². The predicted octanol–water partition coefficient (Wildman–Crippen LogP) is 5.24. The summed E-state index contributed by atoms with van der Waals surface area (Å²) in [6.45, 7) is 0.213. The quantitative estimate of drug-likeness (QED) is 0.116. The van der Waals surface area contributed by atoms with Crippen molar-refractivity contribution < 1.29 is 28.8 Å². The summed E-state index contributed by atoms with van der Waals surface area (Å²) in [6.07, 6.45) is 3.24. The monoisotopic (exact) mass is 638 g/mol. The number of methoxy groups -OCH3 is 2. The van der Waals surface area contributed by atoms with Gasteiger partial charge in [-0.15, -0.1) is 0 Å². The fourth-order valence-electron chi connectivity index (χ4n) is 5.74. The first-order valence-electron chi connectivity index (χ1n) is 15.5. The van der Waals surface area contributed by atoms with Crippen LogP contribution in [0.15, 0.2) is 94.6 Å². The van der Waals surface area contributed by atoms with Crippen molar-refractivity contribution in [2.75, 3.05) is 20.8 Å². The molecule has 1 aromatic heterocycles. The summed E-state index contributed by atoms with van der Waals surface area (Å²) >= 11 is 0. The molecule has 0 radical (unpaired) electrons. The van der Waals surface area contributed by atoms with Gasteiger partial charge in [-0.3, -0.25) is 19.1 Å². The molecule has 0 bridgehead atoms. The van der Waals surface area contributed by atoms with E-state index in [0.29, 0.717) is 32.1 Å². The standard InChI is InChI=1S/C37H38N2O8/c1-44-30-18-14-28(15-19-30)37(27-11-7-5-8-12-27,29-16-20-31(45-2)21-17-29)46-25-32-22-23-33(47-32)39-24-26(35(42)38-36(39)43)10-6-3-4-9-13-34(40)41/h5,7-8,11-12,14-21,24,32-33H,3-4,9,13,22-23,25H2,1-2H3,(H,40,41)(H,38,42,43). The van der Waals surface area contributed by atoms with Crippen molar-refractivity contribution in [3.05, 3.63) is 128 Å². The van der Waals surface area contributed by atoms with E-state index < -0.39 is 29.0 Å². The van der Waals surface area contributed by atoms with Gasteiger partial charge in [-0.2, -0.15) is 0 Å². The molecule has 0 aliphatic carbocycles. The third-order valence-electron chi connectivity index (χ3n) is 8.19. The van der Waals surface area contributed by atoms with Crippen LogP contribution < -0.4 is 20.7 Å². The van der Waals surface area contributed by atoms with Gasteiger partial charge < -0.3 is 24.1 Å². The Labute approximate surface area is 272 Å². The lowest BCUT2D eigenvalue weighted by atomic mass is 9.80. The predicted molar refractivity (Wildman–Crippen MR) is 176 cm³/mol. The van der Waals surface area contributed by atoms with Crippen LogP contribution in [0.5, 0.6) is 11.5 Å². The van der Waals surface area contributed by atoms with Crippen molar-refractivity contribution >= 4 is 5.97 Å². The molecule has 0 spiro atoms. The Morgan fingerprint density at radius 1 is 0.915 bits per heavy atom. The van der Waals surface area contributed by atoms with Gasteiger partial charge in [0, 0.05) is 19.0 Å². The second-order valence-corrected chi connectivity index (χ2v) is 11.2. The van der Waals surface area contributed by atoms with Gasteiger partial charge in [-0.25, -0.2) is 4.79 Å². The first kappa shape index (κ1) is 33.3. The molecule has 0 amide bonds. The molecule has 1 saturated heterocycles. The van der Waals surface area contributed by atoms with E-state index in [1.54, 1.807) is 14.2 Å². The van der Waals surface area contributed by atoms with Crippen LogP contribution >= 0.6 is 0 Å². The summed E-state index contributed by atoms with van der Waals surface area (Å²) in [7, 11) is 3.25. The largest absolute Gasteiger partial charge is 0.497 e. The number of aliphatic carboxylic acids is 1. The van der Waals surface area contributed by atoms with Crippen LogP contribution in [0.2, 0.25) is 0 Å². The van der Waals surface area contributed by atoms with Crippen molar-refractivity contribution in [2.45, 2.75) is 56.5 Å². The SMILES string of the molecule is COc1ccc(C(OCC2CCC(n3cc(C#CCCCCC(=O)O)c(=O)[nH]c3=O)O2)(c2ccccc2)c2ccc(OC)cc2)cc1. The maximum atomic E-state index is 12.8. The van der Waals surface area contributed by atoms with Gasteiger partial charge >= 0.3 is 11.7 Å². The zero-order valence-corrected chi connectivity index (χ0v) is 26.4. The van der Waals surface area contributed by atoms with Crippen molar-refractivity contribution in [1.82, 2.24) is 9.55 Å². The Kier molecular flexibility index (Phi) is 10.9. The number of hydrogen-bond donors (Lipinski definition) is 2. The average Bonchev–Trinajstić information content (AvgIpc) is 3.57. The Hall–Kier alpha value is -5.11. The summed E-state index contributed by atoms with van der Waals surface area (Å²) in [5.41, 5.74) is 0.696. The van der Waals surface area contributed by atoms with Crippen molar-refractivity contribution in [3.63, 3.8) is 0 Å². The van der Waals surface area contributed by atoms with Crippen molar-refractivity contribution in [2.24, 2.45) is 0 Å². The number of unbranched alkanes of at least 4 members (excludes halogenated alkanes) is 2. The molecule has 0 saturated carbocycles. The molecule has 10 heteroatoms. The van der Waals surface area contributed by atoms with Gasteiger partial charge in [0.25, 0.3) is 5.56 Å². The zero-order valence-electron chi connectivity index (χ0n) is 26.4. The number of nitrogens with one attached hydrogen (secondary N) is 1. The highest BCUT2D eigenvalue weighted by molar-refractivity contribution is 5.66. The van der Waals surface area contributed by atoms with Gasteiger partial charge in [-0.1, -0.05) is 66.4 Å². The minimum atomic E-state index is -1.01. The summed E-state index contributed by atoms with van der Waals surface area (Å²) < 4.78 is 25.6. The molecule has 244 valence electrons. The van der Waals surface area contributed by atoms with E-state index in [1.807, 2.05) is 78.9 Å². The lowest BCUT2D eigenvalue weighted by Crippen LogP contribution is -2.36. The Morgan fingerprint density at radius 3 is 2.13 bits per heavy atom. The van der Waals surface area contributed by atoms with Crippen LogP contribution in [0.1, 0.15) is 67.0 Å². The van der Waals surface area contributed by atoms with Crippen LogP contribution in [0, 0.1) is 11.8 Å². The first-order valence-corrected chi connectivity index (χ1v) is 15.5. The van der Waals surface area contributed by atoms with Crippen molar-refractivity contribution in [3.8, 4) is 23.3 Å². The minimum Gasteiger partial charge on any atom is -0.497 e. The Bertz CT molecular complexity index is 1770. The number of carbonyl (C=O) groups is 1. The third-order valence-corrected chi connectivity index (χ3v) is 8.19. The van der Waals surface area contributed by atoms with Crippen molar-refractivity contribution in [1.29, 1.82) is 0 Å². The number of carboxylic acids is 1. The molecule has 1 aliphatic rings. The number of benzene rings is 3. The average molecular weight is 639 g/mol. The number of H-pyrrole nitrogens is 1.